The first-order valence-corrected chi connectivity index (χ1v) is 52.8. The number of hydrogen-bond donors (Lipinski definition) is 0. The van der Waals surface area contributed by atoms with Crippen molar-refractivity contribution in [3.63, 3.8) is 0 Å². The van der Waals surface area contributed by atoms with Gasteiger partial charge in [0.25, 0.3) is 0 Å². The molecule has 0 unspecified atom stereocenters. The minimum atomic E-state index is 0.688. The number of fused-ring (bicyclic) bond motifs is 41. The largest absolute Gasteiger partial charge is 0.277 e. The number of thiophene rings is 6. The quantitative estimate of drug-likeness (QED) is 0.158. The van der Waals surface area contributed by atoms with Crippen LogP contribution in [0.1, 0.15) is 0 Å². The maximum absolute atomic E-state index is 5.56. The Morgan fingerprint density at radius 2 is 0.441 bits per heavy atom. The normalized spacial score (nSPS) is 12.2. The third-order valence-electron chi connectivity index (χ3n) is 29.0. The second kappa shape index (κ2) is 31.7. The monoisotopic (exact) mass is 1930 g/mol. The zero-order valence-corrected chi connectivity index (χ0v) is 80.9. The number of para-hydroxylation sites is 3. The molecule has 0 aliphatic rings. The van der Waals surface area contributed by atoms with Crippen molar-refractivity contribution in [2.45, 2.75) is 0 Å². The van der Waals surface area contributed by atoms with E-state index in [4.69, 9.17) is 29.9 Å². The maximum atomic E-state index is 5.56. The van der Waals surface area contributed by atoms with Crippen LogP contribution in [0.5, 0.6) is 0 Å². The molecule has 0 saturated carbocycles. The van der Waals surface area contributed by atoms with Gasteiger partial charge in [-0.3, -0.25) is 13.7 Å². The predicted molar refractivity (Wildman–Crippen MR) is 616 cm³/mol. The van der Waals surface area contributed by atoms with E-state index in [-0.39, 0.29) is 0 Å². The molecule has 0 bridgehead atoms. The Balaban J connectivity index is 0.0000000981. The van der Waals surface area contributed by atoms with Gasteiger partial charge in [0.05, 0.1) is 80.8 Å². The molecule has 9 nitrogen and oxygen atoms in total. The lowest BCUT2D eigenvalue weighted by molar-refractivity contribution is 1.02. The summed E-state index contributed by atoms with van der Waals surface area (Å²) in [5.74, 6) is 2.08. The third-order valence-corrected chi connectivity index (χ3v) is 36.1. The van der Waals surface area contributed by atoms with E-state index in [1.807, 2.05) is 34.0 Å². The highest BCUT2D eigenvalue weighted by molar-refractivity contribution is 7.29. The zero-order chi connectivity index (χ0) is 93.3. The van der Waals surface area contributed by atoms with Crippen LogP contribution in [0.2, 0.25) is 0 Å². The molecule has 33 rings (SSSR count). The van der Waals surface area contributed by atoms with Crippen LogP contribution >= 0.6 is 68.0 Å². The Hall–Kier alpha value is -17.1. The summed E-state index contributed by atoms with van der Waals surface area (Å²) in [6, 6.07) is 155. The zero-order valence-electron chi connectivity index (χ0n) is 76.0. The van der Waals surface area contributed by atoms with Crippen molar-refractivity contribution in [2.75, 3.05) is 0 Å². The summed E-state index contributed by atoms with van der Waals surface area (Å²) in [5, 5.41) is 30.9. The van der Waals surface area contributed by atoms with Crippen LogP contribution in [-0.2, 0) is 0 Å². The molecule has 0 amide bonds. The van der Waals surface area contributed by atoms with E-state index in [1.165, 1.54) is 172 Å². The number of hydrogen-bond acceptors (Lipinski definition) is 12. The molecule has 0 aliphatic heterocycles. The van der Waals surface area contributed by atoms with Gasteiger partial charge < -0.3 is 0 Å². The molecule has 0 radical (unpaired) electrons. The molecule has 664 valence electrons. The third kappa shape index (κ3) is 12.2. The van der Waals surface area contributed by atoms with Gasteiger partial charge in [0.2, 0.25) is 17.8 Å². The standard InChI is InChI=1S/C44H25N3S2.2C42H23N3S2/c1-2-12-26(13-3-1)27-22-24-28(25-23-27)39-43-40(33-18-8-11-21-36(33)49-43)46-44(45-39)47-34-19-9-6-16-31(34)37-38-32-17-7-10-20-35(32)48-42(38)30-15-5-4-14-29(30)41(37)47;1-2-14-25-24(12-1)13-11-20-26(25)37-41-38(31-19-7-10-23-34(31)47-41)44-42(43-37)45-32-21-8-5-17-29(32)35-36-30-18-6-9-22-33(30)46-40(36)28-16-4-3-15-27(28)39(35)45;1-2-12-25-23-26(22-21-24(25)11-1)37-41-38(31-17-7-10-20-34(31)47-41)44-42(43-37)45-32-18-8-5-15-29(32)35-36-30-16-6-9-19-33(30)46-40(36)28-14-4-3-13-27(28)39(35)45/h1-25H;2*1-23H. The minimum Gasteiger partial charge on any atom is -0.277 e. The van der Waals surface area contributed by atoms with Crippen molar-refractivity contribution in [1.29, 1.82) is 0 Å². The van der Waals surface area contributed by atoms with Gasteiger partial charge >= 0.3 is 0 Å². The molecule has 0 saturated heterocycles. The van der Waals surface area contributed by atoms with Crippen LogP contribution in [0.25, 0.3) is 303 Å². The van der Waals surface area contributed by atoms with Gasteiger partial charge in [-0.15, -0.1) is 68.0 Å². The summed E-state index contributed by atoms with van der Waals surface area (Å²) in [4.78, 5) is 33.0. The van der Waals surface area contributed by atoms with Gasteiger partial charge in [-0.25, -0.2) is 29.9 Å². The lowest BCUT2D eigenvalue weighted by Gasteiger charge is -2.13. The second-order valence-corrected chi connectivity index (χ2v) is 43.1. The molecule has 0 fully saturated rings. The Labute approximate surface area is 838 Å². The molecule has 33 aromatic rings. The van der Waals surface area contributed by atoms with Crippen molar-refractivity contribution in [3.8, 4) is 62.7 Å². The van der Waals surface area contributed by atoms with Gasteiger partial charge in [-0.1, -0.05) is 370 Å². The molecule has 12 aromatic heterocycles. The van der Waals surface area contributed by atoms with Crippen LogP contribution < -0.4 is 0 Å². The first-order valence-electron chi connectivity index (χ1n) is 47.9. The molecule has 21 aromatic carbocycles. The summed E-state index contributed by atoms with van der Waals surface area (Å²) in [6.45, 7) is 0. The summed E-state index contributed by atoms with van der Waals surface area (Å²) in [6.07, 6.45) is 0. The lowest BCUT2D eigenvalue weighted by Crippen LogP contribution is -2.03. The van der Waals surface area contributed by atoms with Gasteiger partial charge in [-0.2, -0.15) is 0 Å². The average molecular weight is 1930 g/mol. The first kappa shape index (κ1) is 80.8. The van der Waals surface area contributed by atoms with Crippen molar-refractivity contribution < 1.29 is 0 Å². The molecule has 0 spiro atoms. The summed E-state index contributed by atoms with van der Waals surface area (Å²) in [5.41, 5.74) is 18.4. The second-order valence-electron chi connectivity index (χ2n) is 36.7. The van der Waals surface area contributed by atoms with Crippen LogP contribution in [-0.4, -0.2) is 43.6 Å². The molecule has 0 aliphatic carbocycles. The highest BCUT2D eigenvalue weighted by Gasteiger charge is 2.31. The molecule has 0 atom stereocenters. The van der Waals surface area contributed by atoms with Gasteiger partial charge in [0, 0.05) is 172 Å². The van der Waals surface area contributed by atoms with E-state index >= 15 is 0 Å². The Bertz CT molecular complexity index is 11300. The van der Waals surface area contributed by atoms with Gasteiger partial charge in [0.1, 0.15) is 0 Å². The number of nitrogens with zero attached hydrogens (tertiary/aromatic N) is 9. The number of rotatable bonds is 7. The topological polar surface area (TPSA) is 92.1 Å². The lowest BCUT2D eigenvalue weighted by atomic mass is 10.00. The molecule has 12 heterocycles. The van der Waals surface area contributed by atoms with Crippen LogP contribution in [0.3, 0.4) is 0 Å². The van der Waals surface area contributed by atoms with Crippen LogP contribution in [0, 0.1) is 0 Å². The fraction of sp³-hybridized carbons (Fsp3) is 0. The number of benzene rings is 21. The van der Waals surface area contributed by atoms with Gasteiger partial charge in [-0.05, 0) is 93.3 Å². The Kier molecular flexibility index (Phi) is 17.9. The Morgan fingerprint density at radius 1 is 0.161 bits per heavy atom. The first-order chi connectivity index (χ1) is 71.0. The highest BCUT2D eigenvalue weighted by atomic mass is 32.1. The highest BCUT2D eigenvalue weighted by Crippen LogP contribution is 2.55. The fourth-order valence-electron chi connectivity index (χ4n) is 22.8. The minimum absolute atomic E-state index is 0.688. The van der Waals surface area contributed by atoms with E-state index in [0.717, 1.165) is 114 Å². The van der Waals surface area contributed by atoms with E-state index < -0.39 is 0 Å². The van der Waals surface area contributed by atoms with E-state index in [9.17, 15) is 0 Å². The van der Waals surface area contributed by atoms with Crippen molar-refractivity contribution in [2.24, 2.45) is 0 Å². The van der Waals surface area contributed by atoms with Crippen LogP contribution in [0.4, 0.5) is 0 Å². The predicted octanol–water partition coefficient (Wildman–Crippen LogP) is 37.4. The van der Waals surface area contributed by atoms with Gasteiger partial charge in [0.15, 0.2) is 0 Å². The summed E-state index contributed by atoms with van der Waals surface area (Å²) < 4.78 is 21.9. The smallest absolute Gasteiger partial charge is 0.235 e. The van der Waals surface area contributed by atoms with Crippen molar-refractivity contribution in [1.82, 2.24) is 43.6 Å². The van der Waals surface area contributed by atoms with Crippen molar-refractivity contribution >= 4 is 309 Å². The van der Waals surface area contributed by atoms with E-state index in [0.29, 0.717) is 17.8 Å². The fourth-order valence-corrected chi connectivity index (χ4v) is 30.0. The van der Waals surface area contributed by atoms with E-state index in [1.54, 1.807) is 34.0 Å². The molecule has 143 heavy (non-hydrogen) atoms. The summed E-state index contributed by atoms with van der Waals surface area (Å²) >= 11 is 11.0. The average Bonchev–Trinajstić information content (AvgIpc) is 1.54. The SMILES string of the molecule is c1ccc(-c2ccc(-c3nc(-n4c5ccccc5c5c6c7ccccc7sc6c6ccccc6c54)nc4c3sc3ccccc34)cc2)cc1.c1ccc2c(-c3nc(-n4c5ccccc5c5c6c7ccccc7sc6c6ccccc6c54)nc4c3sc3ccccc34)cccc2c1.c1ccc2cc(-c3nc(-n4c5ccccc5c5c6c7ccccc7sc6c6ccccc6c54)nc4c3sc3ccccc34)ccc2c1. The molecular formula is C128H71N9S6. The van der Waals surface area contributed by atoms with Crippen LogP contribution in [0.15, 0.2) is 431 Å². The van der Waals surface area contributed by atoms with E-state index in [2.05, 4.69) is 444 Å². The maximum Gasteiger partial charge on any atom is 0.235 e. The molecule has 0 N–H and O–H groups in total. The molecular weight excluding hydrogens is 1860 g/mol. The van der Waals surface area contributed by atoms with Crippen molar-refractivity contribution in [3.05, 3.63) is 431 Å². The molecule has 15 heteroatoms. The number of aromatic nitrogens is 9. The summed E-state index contributed by atoms with van der Waals surface area (Å²) in [7, 11) is 0. The Morgan fingerprint density at radius 3 is 0.860 bits per heavy atom.